The molecule has 0 amide bonds. The maximum absolute atomic E-state index is 12.9. The number of carbonyl (C=O) groups excluding carboxylic acids is 2. The molecule has 0 radical (unpaired) electrons. The van der Waals surface area contributed by atoms with Crippen LogP contribution in [0, 0.1) is 0 Å². The molecule has 0 aliphatic carbocycles. The number of nitrogens with zero attached hydrogens (tertiary/aromatic N) is 1. The van der Waals surface area contributed by atoms with Gasteiger partial charge in [-0.3, -0.25) is 4.79 Å². The van der Waals surface area contributed by atoms with Crippen LogP contribution in [0.4, 0.5) is 0 Å². The fraction of sp³-hybridized carbons (Fsp3) is 0.304. The summed E-state index contributed by atoms with van der Waals surface area (Å²) in [7, 11) is 0. The van der Waals surface area contributed by atoms with Gasteiger partial charge in [0.25, 0.3) is 0 Å². The number of esters is 2. The number of benzene rings is 2. The Balaban J connectivity index is 2.14. The second-order valence-electron chi connectivity index (χ2n) is 6.59. The summed E-state index contributed by atoms with van der Waals surface area (Å²) in [5, 5.41) is 1.42. The molecule has 3 aromatic rings. The summed E-state index contributed by atoms with van der Waals surface area (Å²) in [5.41, 5.74) is 3.14. The van der Waals surface area contributed by atoms with Crippen LogP contribution >= 0.6 is 11.6 Å². The molecule has 0 fully saturated rings. The lowest BCUT2D eigenvalue weighted by Crippen LogP contribution is -2.15. The number of hydrogen-bond donors (Lipinski definition) is 0. The molecule has 6 heteroatoms. The average molecular weight is 414 g/mol. The molecule has 0 saturated heterocycles. The van der Waals surface area contributed by atoms with Crippen molar-refractivity contribution in [2.45, 2.75) is 33.2 Å². The van der Waals surface area contributed by atoms with Crippen molar-refractivity contribution in [3.63, 3.8) is 0 Å². The van der Waals surface area contributed by atoms with E-state index in [0.29, 0.717) is 30.3 Å². The minimum Gasteiger partial charge on any atom is -0.466 e. The van der Waals surface area contributed by atoms with E-state index in [9.17, 15) is 9.59 Å². The normalized spacial score (nSPS) is 10.9. The number of carbonyl (C=O) groups is 2. The fourth-order valence-electron chi connectivity index (χ4n) is 3.47. The number of ether oxygens (including phenoxy) is 2. The third-order valence-corrected chi connectivity index (χ3v) is 4.90. The minimum absolute atomic E-state index is 0.178. The predicted octanol–water partition coefficient (Wildman–Crippen LogP) is 5.02. The molecule has 29 heavy (non-hydrogen) atoms. The molecule has 2 aromatic carbocycles. The van der Waals surface area contributed by atoms with E-state index in [2.05, 4.69) is 0 Å². The molecule has 0 atom stereocenters. The Morgan fingerprint density at radius 3 is 2.41 bits per heavy atom. The predicted molar refractivity (Wildman–Crippen MR) is 113 cm³/mol. The summed E-state index contributed by atoms with van der Waals surface area (Å²) in [4.78, 5) is 24.9. The lowest BCUT2D eigenvalue weighted by Gasteiger charge is -2.12. The van der Waals surface area contributed by atoms with E-state index in [1.54, 1.807) is 19.9 Å². The number of fused-ring (bicyclic) bond motifs is 1. The maximum Gasteiger partial charge on any atom is 0.355 e. The molecule has 0 aliphatic rings. The molecule has 0 N–H and O–H groups in total. The van der Waals surface area contributed by atoms with Crippen molar-refractivity contribution in [1.82, 2.24) is 4.57 Å². The standard InChI is InChI=1S/C23H24ClNO4/c1-3-28-21(26)13-11-18-19-14-17(24)10-12-20(19)25(22(18)23(27)29-4-2)15-16-8-6-5-7-9-16/h5-10,12,14H,3-4,11,13,15H2,1-2H3. The zero-order chi connectivity index (χ0) is 20.8. The number of rotatable bonds is 8. The smallest absolute Gasteiger partial charge is 0.355 e. The summed E-state index contributed by atoms with van der Waals surface area (Å²) >= 11 is 6.25. The monoisotopic (exact) mass is 413 g/mol. The highest BCUT2D eigenvalue weighted by atomic mass is 35.5. The van der Waals surface area contributed by atoms with Crippen LogP contribution in [0.25, 0.3) is 10.9 Å². The van der Waals surface area contributed by atoms with Crippen LogP contribution < -0.4 is 0 Å². The second kappa shape index (κ2) is 9.61. The van der Waals surface area contributed by atoms with Gasteiger partial charge < -0.3 is 14.0 Å². The van der Waals surface area contributed by atoms with Crippen LogP contribution in [0.1, 0.15) is 41.9 Å². The van der Waals surface area contributed by atoms with Crippen LogP contribution in [-0.2, 0) is 27.2 Å². The fourth-order valence-corrected chi connectivity index (χ4v) is 3.64. The first kappa shape index (κ1) is 20.9. The zero-order valence-corrected chi connectivity index (χ0v) is 17.4. The van der Waals surface area contributed by atoms with Crippen molar-refractivity contribution in [1.29, 1.82) is 0 Å². The van der Waals surface area contributed by atoms with Gasteiger partial charge >= 0.3 is 11.9 Å². The van der Waals surface area contributed by atoms with Gasteiger partial charge in [-0.15, -0.1) is 0 Å². The van der Waals surface area contributed by atoms with Crippen LogP contribution in [0.2, 0.25) is 5.02 Å². The molecular weight excluding hydrogens is 390 g/mol. The highest BCUT2D eigenvalue weighted by Gasteiger charge is 2.24. The number of hydrogen-bond acceptors (Lipinski definition) is 4. The zero-order valence-electron chi connectivity index (χ0n) is 16.6. The van der Waals surface area contributed by atoms with Gasteiger partial charge in [0, 0.05) is 28.9 Å². The van der Waals surface area contributed by atoms with Crippen molar-refractivity contribution in [2.24, 2.45) is 0 Å². The van der Waals surface area contributed by atoms with E-state index < -0.39 is 5.97 Å². The van der Waals surface area contributed by atoms with Crippen LogP contribution in [0.5, 0.6) is 0 Å². The summed E-state index contributed by atoms with van der Waals surface area (Å²) < 4.78 is 12.4. The van der Waals surface area contributed by atoms with Crippen LogP contribution in [-0.4, -0.2) is 29.7 Å². The quantitative estimate of drug-likeness (QED) is 0.487. The van der Waals surface area contributed by atoms with Gasteiger partial charge in [-0.05, 0) is 49.6 Å². The van der Waals surface area contributed by atoms with Gasteiger partial charge in [-0.2, -0.15) is 0 Å². The molecule has 3 rings (SSSR count). The number of halogens is 1. The van der Waals surface area contributed by atoms with E-state index in [1.165, 1.54) is 0 Å². The average Bonchev–Trinajstić information content (AvgIpc) is 3.00. The third-order valence-electron chi connectivity index (χ3n) is 4.67. The van der Waals surface area contributed by atoms with E-state index in [4.69, 9.17) is 21.1 Å². The van der Waals surface area contributed by atoms with Crippen LogP contribution in [0.15, 0.2) is 48.5 Å². The number of aryl methyl sites for hydroxylation is 1. The molecule has 0 unspecified atom stereocenters. The van der Waals surface area contributed by atoms with Crippen molar-refractivity contribution >= 4 is 34.4 Å². The third kappa shape index (κ3) is 4.80. The van der Waals surface area contributed by atoms with Crippen molar-refractivity contribution in [3.05, 3.63) is 70.4 Å². The molecule has 0 spiro atoms. The van der Waals surface area contributed by atoms with Gasteiger partial charge in [0.05, 0.1) is 13.2 Å². The van der Waals surface area contributed by atoms with Gasteiger partial charge in [-0.1, -0.05) is 41.9 Å². The molecule has 152 valence electrons. The lowest BCUT2D eigenvalue weighted by molar-refractivity contribution is -0.143. The van der Waals surface area contributed by atoms with Gasteiger partial charge in [0.1, 0.15) is 5.69 Å². The largest absolute Gasteiger partial charge is 0.466 e. The van der Waals surface area contributed by atoms with Gasteiger partial charge in [0.15, 0.2) is 0 Å². The lowest BCUT2D eigenvalue weighted by atomic mass is 10.1. The molecule has 1 aromatic heterocycles. The highest BCUT2D eigenvalue weighted by molar-refractivity contribution is 6.31. The number of aromatic nitrogens is 1. The molecule has 5 nitrogen and oxygen atoms in total. The Kier molecular flexibility index (Phi) is 6.94. The Morgan fingerprint density at radius 1 is 1.00 bits per heavy atom. The van der Waals surface area contributed by atoms with Crippen molar-refractivity contribution < 1.29 is 19.1 Å². The Morgan fingerprint density at radius 2 is 1.72 bits per heavy atom. The summed E-state index contributed by atoms with van der Waals surface area (Å²) in [5.74, 6) is -0.706. The van der Waals surface area contributed by atoms with Crippen molar-refractivity contribution in [3.8, 4) is 0 Å². The highest BCUT2D eigenvalue weighted by Crippen LogP contribution is 2.31. The van der Waals surface area contributed by atoms with E-state index in [-0.39, 0.29) is 19.0 Å². The van der Waals surface area contributed by atoms with E-state index in [1.807, 2.05) is 47.0 Å². The first-order valence-corrected chi connectivity index (χ1v) is 10.1. The first-order valence-electron chi connectivity index (χ1n) is 9.72. The summed E-state index contributed by atoms with van der Waals surface area (Å²) in [6, 6.07) is 15.4. The van der Waals surface area contributed by atoms with Crippen LogP contribution in [0.3, 0.4) is 0 Å². The molecule has 0 bridgehead atoms. The molecule has 1 heterocycles. The molecule has 0 saturated carbocycles. The summed E-state index contributed by atoms with van der Waals surface area (Å²) in [6.07, 6.45) is 0.544. The van der Waals surface area contributed by atoms with Gasteiger partial charge in [-0.25, -0.2) is 4.79 Å². The van der Waals surface area contributed by atoms with Crippen molar-refractivity contribution in [2.75, 3.05) is 13.2 Å². The summed E-state index contributed by atoms with van der Waals surface area (Å²) in [6.45, 7) is 4.64. The van der Waals surface area contributed by atoms with Gasteiger partial charge in [0.2, 0.25) is 0 Å². The SMILES string of the molecule is CCOC(=O)CCc1c(C(=O)OCC)n(Cc2ccccc2)c2ccc(Cl)cc12. The second-order valence-corrected chi connectivity index (χ2v) is 7.02. The Labute approximate surface area is 175 Å². The minimum atomic E-state index is -0.408. The molecule has 0 aliphatic heterocycles. The first-order chi connectivity index (χ1) is 14.0. The topological polar surface area (TPSA) is 57.5 Å². The Bertz CT molecular complexity index is 1010. The van der Waals surface area contributed by atoms with E-state index in [0.717, 1.165) is 22.0 Å². The molecular formula is C23H24ClNO4. The Hall–Kier alpha value is -2.79. The maximum atomic E-state index is 12.9. The van der Waals surface area contributed by atoms with E-state index >= 15 is 0 Å².